The van der Waals surface area contributed by atoms with Gasteiger partial charge in [-0.05, 0) is 37.3 Å². The van der Waals surface area contributed by atoms with Gasteiger partial charge in [-0.15, -0.1) is 11.3 Å². The summed E-state index contributed by atoms with van der Waals surface area (Å²) in [5, 5.41) is 5.16. The zero-order chi connectivity index (χ0) is 15.4. The van der Waals surface area contributed by atoms with Crippen molar-refractivity contribution in [1.82, 2.24) is 15.3 Å². The molecule has 0 radical (unpaired) electrons. The summed E-state index contributed by atoms with van der Waals surface area (Å²) in [5.41, 5.74) is 0.520. The van der Waals surface area contributed by atoms with Gasteiger partial charge < -0.3 is 5.32 Å². The van der Waals surface area contributed by atoms with Gasteiger partial charge >= 0.3 is 0 Å². The van der Waals surface area contributed by atoms with Crippen LogP contribution in [-0.2, 0) is 16.8 Å². The lowest BCUT2D eigenvalue weighted by atomic mass is 9.72. The van der Waals surface area contributed by atoms with Crippen molar-refractivity contribution in [2.45, 2.75) is 51.0 Å². The van der Waals surface area contributed by atoms with E-state index in [4.69, 9.17) is 0 Å². The molecule has 0 saturated heterocycles. The van der Waals surface area contributed by atoms with Gasteiger partial charge in [-0.2, -0.15) is 0 Å². The topological polar surface area (TPSA) is 54.9 Å². The predicted octanol–water partition coefficient (Wildman–Crippen LogP) is 3.36. The van der Waals surface area contributed by atoms with Crippen LogP contribution in [0.4, 0.5) is 0 Å². The van der Waals surface area contributed by atoms with Crippen molar-refractivity contribution in [3.8, 4) is 0 Å². The highest BCUT2D eigenvalue weighted by atomic mass is 32.1. The Balaban J connectivity index is 1.75. The summed E-state index contributed by atoms with van der Waals surface area (Å²) in [6, 6.07) is 5.99. The van der Waals surface area contributed by atoms with Crippen LogP contribution in [0.1, 0.15) is 48.5 Å². The van der Waals surface area contributed by atoms with Crippen LogP contribution in [0.5, 0.6) is 0 Å². The average molecular weight is 315 g/mol. The Morgan fingerprint density at radius 3 is 2.82 bits per heavy atom. The summed E-state index contributed by atoms with van der Waals surface area (Å²) in [5.74, 6) is 0.878. The minimum Gasteiger partial charge on any atom is -0.350 e. The van der Waals surface area contributed by atoms with Gasteiger partial charge in [-0.3, -0.25) is 4.79 Å². The van der Waals surface area contributed by atoms with Gasteiger partial charge in [-0.25, -0.2) is 9.97 Å². The molecule has 1 aliphatic carbocycles. The number of nitrogens with one attached hydrogen (secondary N) is 1. The number of carbonyl (C=O) groups excluding carboxylic acids is 1. The molecule has 22 heavy (non-hydrogen) atoms. The Kier molecular flexibility index (Phi) is 4.52. The molecule has 2 aromatic rings. The van der Waals surface area contributed by atoms with Crippen LogP contribution in [0.25, 0.3) is 0 Å². The second-order valence-corrected chi connectivity index (χ2v) is 6.85. The van der Waals surface area contributed by atoms with Gasteiger partial charge in [0.1, 0.15) is 5.82 Å². The van der Waals surface area contributed by atoms with Gasteiger partial charge in [0.25, 0.3) is 0 Å². The maximum atomic E-state index is 12.9. The highest BCUT2D eigenvalue weighted by Crippen LogP contribution is 2.41. The van der Waals surface area contributed by atoms with Crippen molar-refractivity contribution in [2.24, 2.45) is 0 Å². The number of nitrogens with zero attached hydrogens (tertiary/aromatic N) is 2. The molecule has 0 bridgehead atoms. The maximum absolute atomic E-state index is 12.9. The molecule has 1 aliphatic rings. The van der Waals surface area contributed by atoms with Gasteiger partial charge in [0.15, 0.2) is 0 Å². The molecule has 0 aliphatic heterocycles. The smallest absolute Gasteiger partial charge is 0.231 e. The first kappa shape index (κ1) is 15.2. The predicted molar refractivity (Wildman–Crippen MR) is 87.7 cm³/mol. The lowest BCUT2D eigenvalue weighted by Crippen LogP contribution is -2.45. The van der Waals surface area contributed by atoms with E-state index in [1.807, 2.05) is 19.1 Å². The third kappa shape index (κ3) is 3.04. The number of hydrogen-bond acceptors (Lipinski definition) is 4. The molecule has 0 spiro atoms. The number of rotatable bonds is 4. The molecular weight excluding hydrogens is 294 g/mol. The van der Waals surface area contributed by atoms with Crippen LogP contribution in [-0.4, -0.2) is 15.9 Å². The Morgan fingerprint density at radius 2 is 2.14 bits per heavy atom. The van der Waals surface area contributed by atoms with E-state index in [9.17, 15) is 4.79 Å². The number of aryl methyl sites for hydroxylation is 1. The zero-order valence-corrected chi connectivity index (χ0v) is 13.7. The second-order valence-electron chi connectivity index (χ2n) is 5.90. The molecule has 1 saturated carbocycles. The Hall–Kier alpha value is -1.75. The summed E-state index contributed by atoms with van der Waals surface area (Å²) < 4.78 is 0. The molecule has 0 aromatic carbocycles. The molecule has 1 N–H and O–H groups in total. The van der Waals surface area contributed by atoms with Crippen molar-refractivity contribution in [3.63, 3.8) is 0 Å². The molecule has 3 rings (SSSR count). The van der Waals surface area contributed by atoms with Crippen LogP contribution in [0, 0.1) is 6.92 Å². The van der Waals surface area contributed by atoms with Crippen LogP contribution in [0.2, 0.25) is 0 Å². The molecule has 0 unspecified atom stereocenters. The summed E-state index contributed by atoms with van der Waals surface area (Å²) in [4.78, 5) is 22.6. The van der Waals surface area contributed by atoms with E-state index < -0.39 is 0 Å². The van der Waals surface area contributed by atoms with Crippen LogP contribution >= 0.6 is 11.3 Å². The lowest BCUT2D eigenvalue weighted by Gasteiger charge is -2.35. The molecule has 1 amide bonds. The van der Waals surface area contributed by atoms with E-state index in [2.05, 4.69) is 26.7 Å². The average Bonchev–Trinajstić information content (AvgIpc) is 3.08. The summed E-state index contributed by atoms with van der Waals surface area (Å²) in [6.07, 6.45) is 7.10. The molecule has 2 heterocycles. The Labute approximate surface area is 135 Å². The molecular formula is C17H21N3OS. The van der Waals surface area contributed by atoms with Gasteiger partial charge in [0, 0.05) is 11.1 Å². The first-order valence-corrected chi connectivity index (χ1v) is 8.69. The number of hydrogen-bond donors (Lipinski definition) is 1. The van der Waals surface area contributed by atoms with E-state index >= 15 is 0 Å². The monoisotopic (exact) mass is 315 g/mol. The van der Waals surface area contributed by atoms with Crippen molar-refractivity contribution in [2.75, 3.05) is 0 Å². The fourth-order valence-electron chi connectivity index (χ4n) is 3.24. The van der Waals surface area contributed by atoms with Crippen molar-refractivity contribution in [3.05, 3.63) is 46.2 Å². The van der Waals surface area contributed by atoms with E-state index in [-0.39, 0.29) is 11.3 Å². The van der Waals surface area contributed by atoms with Crippen LogP contribution in [0.15, 0.2) is 29.8 Å². The fourth-order valence-corrected chi connectivity index (χ4v) is 4.22. The SMILES string of the molecule is Cc1nccc(CNC(=O)C2(c3cccs3)CCCCC2)n1. The second kappa shape index (κ2) is 6.57. The van der Waals surface area contributed by atoms with E-state index in [0.29, 0.717) is 6.54 Å². The van der Waals surface area contributed by atoms with Gasteiger partial charge in [0.05, 0.1) is 17.7 Å². The Morgan fingerprint density at radius 1 is 1.32 bits per heavy atom. The van der Waals surface area contributed by atoms with Crippen molar-refractivity contribution in [1.29, 1.82) is 0 Å². The third-order valence-corrected chi connectivity index (χ3v) is 5.47. The largest absolute Gasteiger partial charge is 0.350 e. The van der Waals surface area contributed by atoms with Crippen LogP contribution < -0.4 is 5.32 Å². The summed E-state index contributed by atoms with van der Waals surface area (Å²) in [7, 11) is 0. The third-order valence-electron chi connectivity index (χ3n) is 4.40. The Bertz CT molecular complexity index is 633. The highest BCUT2D eigenvalue weighted by Gasteiger charge is 2.41. The quantitative estimate of drug-likeness (QED) is 0.941. The zero-order valence-electron chi connectivity index (χ0n) is 12.8. The minimum absolute atomic E-state index is 0.144. The molecule has 4 nitrogen and oxygen atoms in total. The first-order chi connectivity index (χ1) is 10.7. The highest BCUT2D eigenvalue weighted by molar-refractivity contribution is 7.10. The summed E-state index contributed by atoms with van der Waals surface area (Å²) >= 11 is 1.69. The van der Waals surface area contributed by atoms with Crippen molar-refractivity contribution < 1.29 is 4.79 Å². The standard InChI is InChI=1S/C17H21N3OS/c1-13-18-10-7-14(20-13)12-19-16(21)17(8-3-2-4-9-17)15-6-5-11-22-15/h5-7,10-11H,2-4,8-9,12H2,1H3,(H,19,21). The van der Waals surface area contributed by atoms with Crippen LogP contribution in [0.3, 0.4) is 0 Å². The fraction of sp³-hybridized carbons (Fsp3) is 0.471. The van der Waals surface area contributed by atoms with E-state index in [1.165, 1.54) is 11.3 Å². The maximum Gasteiger partial charge on any atom is 0.231 e. The number of thiophene rings is 1. The van der Waals surface area contributed by atoms with E-state index in [0.717, 1.165) is 37.2 Å². The number of carbonyl (C=O) groups is 1. The lowest BCUT2D eigenvalue weighted by molar-refractivity contribution is -0.128. The molecule has 116 valence electrons. The summed E-state index contributed by atoms with van der Waals surface area (Å²) in [6.45, 7) is 2.33. The molecule has 5 heteroatoms. The van der Waals surface area contributed by atoms with Gasteiger partial charge in [0.2, 0.25) is 5.91 Å². The molecule has 2 aromatic heterocycles. The number of aromatic nitrogens is 2. The first-order valence-electron chi connectivity index (χ1n) is 7.81. The van der Waals surface area contributed by atoms with Crippen molar-refractivity contribution >= 4 is 17.2 Å². The minimum atomic E-state index is -0.339. The van der Waals surface area contributed by atoms with E-state index in [1.54, 1.807) is 17.5 Å². The number of amides is 1. The molecule has 1 fully saturated rings. The van der Waals surface area contributed by atoms with Gasteiger partial charge in [-0.1, -0.05) is 25.3 Å². The molecule has 0 atom stereocenters. The normalized spacial score (nSPS) is 17.1.